The molecule has 100 valence electrons. The van der Waals surface area contributed by atoms with E-state index in [2.05, 4.69) is 4.98 Å². The Bertz CT molecular complexity index is 671. The Balaban J connectivity index is 2.28. The summed E-state index contributed by atoms with van der Waals surface area (Å²) in [6, 6.07) is 3.59. The van der Waals surface area contributed by atoms with Crippen molar-refractivity contribution in [1.82, 2.24) is 9.55 Å². The minimum atomic E-state index is -4.54. The first-order valence-corrected chi connectivity index (χ1v) is 5.70. The summed E-state index contributed by atoms with van der Waals surface area (Å²) in [5.74, 6) is -2.12. The lowest BCUT2D eigenvalue weighted by Crippen LogP contribution is -2.14. The van der Waals surface area contributed by atoms with E-state index in [1.54, 1.807) is 0 Å². The number of alkyl halides is 3. The summed E-state index contributed by atoms with van der Waals surface area (Å²) >= 11 is 0. The van der Waals surface area contributed by atoms with Crippen molar-refractivity contribution in [2.24, 2.45) is 0 Å². The molecule has 0 bridgehead atoms. The second kappa shape index (κ2) is 3.72. The van der Waals surface area contributed by atoms with Crippen molar-refractivity contribution in [2.45, 2.75) is 25.1 Å². The van der Waals surface area contributed by atoms with Gasteiger partial charge in [0.25, 0.3) is 0 Å². The van der Waals surface area contributed by atoms with E-state index >= 15 is 0 Å². The van der Waals surface area contributed by atoms with Crippen LogP contribution < -0.4 is 0 Å². The smallest absolute Gasteiger partial charge is 0.449 e. The van der Waals surface area contributed by atoms with Crippen LogP contribution >= 0.6 is 0 Å². The molecule has 0 radical (unpaired) electrons. The van der Waals surface area contributed by atoms with Crippen molar-refractivity contribution in [3.63, 3.8) is 0 Å². The van der Waals surface area contributed by atoms with E-state index in [9.17, 15) is 18.0 Å². The molecule has 1 heterocycles. The number of aromatic carboxylic acids is 1. The standard InChI is InChI=1S/C12H9F3N2O2/c13-12(14,15)11-16-8-4-1-6(10(18)19)5-9(8)17(11)7-2-3-7/h1,4-5,7H,2-3H2,(H,18,19). The predicted octanol–water partition coefficient (Wildman–Crippen LogP) is 3.09. The third-order valence-corrected chi connectivity index (χ3v) is 3.10. The average Bonchev–Trinajstić information content (AvgIpc) is 3.07. The fourth-order valence-electron chi connectivity index (χ4n) is 2.13. The van der Waals surface area contributed by atoms with Gasteiger partial charge < -0.3 is 9.67 Å². The number of aromatic nitrogens is 2. The van der Waals surface area contributed by atoms with Gasteiger partial charge in [-0.25, -0.2) is 9.78 Å². The third-order valence-electron chi connectivity index (χ3n) is 3.10. The molecule has 0 spiro atoms. The zero-order chi connectivity index (χ0) is 13.8. The molecule has 1 aliphatic carbocycles. The summed E-state index contributed by atoms with van der Waals surface area (Å²) in [5.41, 5.74) is 0.363. The molecule has 1 aliphatic rings. The van der Waals surface area contributed by atoms with Crippen molar-refractivity contribution in [1.29, 1.82) is 0 Å². The zero-order valence-corrected chi connectivity index (χ0v) is 9.61. The van der Waals surface area contributed by atoms with Crippen LogP contribution in [0.4, 0.5) is 13.2 Å². The van der Waals surface area contributed by atoms with Crippen LogP contribution in [0.1, 0.15) is 35.1 Å². The average molecular weight is 270 g/mol. The summed E-state index contributed by atoms with van der Waals surface area (Å²) in [6.07, 6.45) is -3.22. The van der Waals surface area contributed by atoms with Crippen LogP contribution in [0.15, 0.2) is 18.2 Å². The summed E-state index contributed by atoms with van der Waals surface area (Å²) in [6.45, 7) is 0. The fraction of sp³-hybridized carbons (Fsp3) is 0.333. The van der Waals surface area contributed by atoms with E-state index < -0.39 is 18.0 Å². The van der Waals surface area contributed by atoms with Crippen LogP contribution in [0.5, 0.6) is 0 Å². The molecule has 3 rings (SSSR count). The highest BCUT2D eigenvalue weighted by molar-refractivity contribution is 5.92. The molecule has 1 saturated carbocycles. The number of imidazole rings is 1. The molecule has 1 fully saturated rings. The Morgan fingerprint density at radius 1 is 1.37 bits per heavy atom. The molecule has 4 nitrogen and oxygen atoms in total. The Morgan fingerprint density at radius 3 is 2.58 bits per heavy atom. The molecule has 0 atom stereocenters. The van der Waals surface area contributed by atoms with Crippen molar-refractivity contribution < 1.29 is 23.1 Å². The molecule has 19 heavy (non-hydrogen) atoms. The first-order valence-electron chi connectivity index (χ1n) is 5.70. The number of hydrogen-bond acceptors (Lipinski definition) is 2. The summed E-state index contributed by atoms with van der Waals surface area (Å²) in [5, 5.41) is 8.90. The van der Waals surface area contributed by atoms with Crippen LogP contribution in [-0.2, 0) is 6.18 Å². The number of carbonyl (C=O) groups is 1. The monoisotopic (exact) mass is 270 g/mol. The van der Waals surface area contributed by atoms with Gasteiger partial charge in [-0.2, -0.15) is 13.2 Å². The Morgan fingerprint density at radius 2 is 2.05 bits per heavy atom. The molecule has 1 N–H and O–H groups in total. The van der Waals surface area contributed by atoms with Gasteiger partial charge in [-0.15, -0.1) is 0 Å². The van der Waals surface area contributed by atoms with E-state index in [0.29, 0.717) is 12.8 Å². The number of hydrogen-bond donors (Lipinski definition) is 1. The van der Waals surface area contributed by atoms with Crippen LogP contribution in [0.3, 0.4) is 0 Å². The zero-order valence-electron chi connectivity index (χ0n) is 9.61. The minimum absolute atomic E-state index is 0.0389. The highest BCUT2D eigenvalue weighted by Crippen LogP contribution is 2.42. The van der Waals surface area contributed by atoms with Gasteiger partial charge in [0.1, 0.15) is 0 Å². The van der Waals surface area contributed by atoms with Gasteiger partial charge in [0.2, 0.25) is 5.82 Å². The SMILES string of the molecule is O=C(O)c1ccc2nc(C(F)(F)F)n(C3CC3)c2c1. The summed E-state index contributed by atoms with van der Waals surface area (Å²) in [4.78, 5) is 14.5. The Kier molecular flexibility index (Phi) is 2.35. The van der Waals surface area contributed by atoms with Gasteiger partial charge in [-0.3, -0.25) is 0 Å². The minimum Gasteiger partial charge on any atom is -0.478 e. The quantitative estimate of drug-likeness (QED) is 0.912. The van der Waals surface area contributed by atoms with Gasteiger partial charge in [0.05, 0.1) is 16.6 Å². The lowest BCUT2D eigenvalue weighted by atomic mass is 10.2. The number of nitrogens with zero attached hydrogens (tertiary/aromatic N) is 2. The molecule has 0 unspecified atom stereocenters. The molecular weight excluding hydrogens is 261 g/mol. The molecule has 2 aromatic rings. The van der Waals surface area contributed by atoms with Gasteiger partial charge in [0, 0.05) is 6.04 Å². The van der Waals surface area contributed by atoms with E-state index in [-0.39, 0.29) is 22.6 Å². The number of halogens is 3. The number of carboxylic acid groups (broad SMARTS) is 1. The van der Waals surface area contributed by atoms with Gasteiger partial charge >= 0.3 is 12.1 Å². The highest BCUT2D eigenvalue weighted by Gasteiger charge is 2.41. The maximum atomic E-state index is 12.9. The van der Waals surface area contributed by atoms with Crippen molar-refractivity contribution in [2.75, 3.05) is 0 Å². The Hall–Kier alpha value is -2.05. The first kappa shape index (κ1) is 12.0. The van der Waals surface area contributed by atoms with E-state index in [0.717, 1.165) is 4.57 Å². The van der Waals surface area contributed by atoms with Crippen LogP contribution in [0, 0.1) is 0 Å². The maximum absolute atomic E-state index is 12.9. The van der Waals surface area contributed by atoms with Gasteiger partial charge in [0.15, 0.2) is 0 Å². The molecule has 0 aliphatic heterocycles. The second-order valence-electron chi connectivity index (χ2n) is 4.54. The van der Waals surface area contributed by atoms with Gasteiger partial charge in [-0.1, -0.05) is 0 Å². The topological polar surface area (TPSA) is 55.1 Å². The van der Waals surface area contributed by atoms with Crippen molar-refractivity contribution in [3.8, 4) is 0 Å². The number of carboxylic acids is 1. The maximum Gasteiger partial charge on any atom is 0.449 e. The molecule has 1 aromatic heterocycles. The van der Waals surface area contributed by atoms with Crippen LogP contribution in [-0.4, -0.2) is 20.6 Å². The van der Waals surface area contributed by atoms with E-state index in [1.165, 1.54) is 18.2 Å². The van der Waals surface area contributed by atoms with Crippen LogP contribution in [0.25, 0.3) is 11.0 Å². The van der Waals surface area contributed by atoms with Crippen LogP contribution in [0.2, 0.25) is 0 Å². The summed E-state index contributed by atoms with van der Waals surface area (Å²) in [7, 11) is 0. The van der Waals surface area contributed by atoms with E-state index in [1.807, 2.05) is 0 Å². The molecular formula is C12H9F3N2O2. The Labute approximate surface area is 105 Å². The molecule has 0 saturated heterocycles. The van der Waals surface area contributed by atoms with Gasteiger partial charge in [-0.05, 0) is 31.0 Å². The normalized spacial score (nSPS) is 15.9. The largest absolute Gasteiger partial charge is 0.478 e. The van der Waals surface area contributed by atoms with E-state index in [4.69, 9.17) is 5.11 Å². The fourth-order valence-corrected chi connectivity index (χ4v) is 2.13. The second-order valence-corrected chi connectivity index (χ2v) is 4.54. The first-order chi connectivity index (χ1) is 8.88. The number of fused-ring (bicyclic) bond motifs is 1. The summed E-state index contributed by atoms with van der Waals surface area (Å²) < 4.78 is 39.9. The highest BCUT2D eigenvalue weighted by atomic mass is 19.4. The molecule has 1 aromatic carbocycles. The van der Waals surface area contributed by atoms with Crippen molar-refractivity contribution >= 4 is 17.0 Å². The van der Waals surface area contributed by atoms with Crippen molar-refractivity contribution in [3.05, 3.63) is 29.6 Å². The number of rotatable bonds is 2. The predicted molar refractivity (Wildman–Crippen MR) is 60.0 cm³/mol. The number of benzene rings is 1. The lowest BCUT2D eigenvalue weighted by molar-refractivity contribution is -0.147. The molecule has 7 heteroatoms. The lowest BCUT2D eigenvalue weighted by Gasteiger charge is -2.10. The molecule has 0 amide bonds. The third kappa shape index (κ3) is 1.94.